The van der Waals surface area contributed by atoms with E-state index in [1.807, 2.05) is 136 Å². The van der Waals surface area contributed by atoms with Crippen LogP contribution in [0.15, 0.2) is 182 Å². The van der Waals surface area contributed by atoms with Gasteiger partial charge in [0, 0.05) is 139 Å². The van der Waals surface area contributed by atoms with Crippen molar-refractivity contribution in [1.29, 1.82) is 0 Å². The third-order valence-corrected chi connectivity index (χ3v) is 34.5. The van der Waals surface area contributed by atoms with E-state index < -0.39 is 0 Å². The van der Waals surface area contributed by atoms with E-state index in [1.54, 1.807) is 0 Å². The van der Waals surface area contributed by atoms with Crippen LogP contribution in [0.3, 0.4) is 0 Å². The summed E-state index contributed by atoms with van der Waals surface area (Å²) in [6.45, 7) is 9.20. The zero-order valence-corrected chi connectivity index (χ0v) is 67.2. The zero-order valence-electron chi connectivity index (χ0n) is 57.4. The van der Waals surface area contributed by atoms with Crippen molar-refractivity contribution in [2.75, 3.05) is 0 Å². The summed E-state index contributed by atoms with van der Waals surface area (Å²) >= 11 is 23.5. The van der Waals surface area contributed by atoms with Gasteiger partial charge in [-0.3, -0.25) is 0 Å². The summed E-state index contributed by atoms with van der Waals surface area (Å²) in [5, 5.41) is 7.99. The summed E-state index contributed by atoms with van der Waals surface area (Å²) in [6.07, 6.45) is 25.5. The van der Waals surface area contributed by atoms with E-state index in [9.17, 15) is 0 Å². The highest BCUT2D eigenvalue weighted by molar-refractivity contribution is 7.30. The van der Waals surface area contributed by atoms with Gasteiger partial charge in [0.2, 0.25) is 0 Å². The minimum atomic E-state index is 1.18. The molecule has 4 aromatic carbocycles. The molecule has 0 radical (unpaired) electrons. The van der Waals surface area contributed by atoms with Gasteiger partial charge in [0.15, 0.2) is 0 Å². The topological polar surface area (TPSA) is 0 Å². The fourth-order valence-corrected chi connectivity index (χ4v) is 27.3. The zero-order chi connectivity index (χ0) is 67.5. The molecule has 0 aliphatic rings. The molecule has 0 bridgehead atoms. The van der Waals surface area contributed by atoms with Gasteiger partial charge < -0.3 is 0 Å². The minimum absolute atomic E-state index is 1.18. The summed E-state index contributed by atoms with van der Waals surface area (Å²) in [4.78, 5) is 33.0. The fourth-order valence-electron chi connectivity index (χ4n) is 14.2. The number of benzene rings is 4. The van der Waals surface area contributed by atoms with Crippen molar-refractivity contribution in [3.8, 4) is 120 Å². The molecular formula is C88H82S12. The summed E-state index contributed by atoms with van der Waals surface area (Å²) in [7, 11) is 0. The first-order valence-corrected chi connectivity index (χ1v) is 46.1. The van der Waals surface area contributed by atoms with Gasteiger partial charge in [-0.15, -0.1) is 136 Å². The third-order valence-electron chi connectivity index (χ3n) is 19.5. The maximum absolute atomic E-state index is 2.56. The Morgan fingerprint density at radius 3 is 0.540 bits per heavy atom. The molecule has 16 rings (SSSR count). The Morgan fingerprint density at radius 1 is 0.170 bits per heavy atom. The normalized spacial score (nSPS) is 12.0. The lowest BCUT2D eigenvalue weighted by Crippen LogP contribution is -1.92. The van der Waals surface area contributed by atoms with Gasteiger partial charge in [0.25, 0.3) is 0 Å². The van der Waals surface area contributed by atoms with E-state index in [0.29, 0.717) is 0 Å². The maximum atomic E-state index is 2.56. The van der Waals surface area contributed by atoms with Crippen LogP contribution in [0.1, 0.15) is 150 Å². The van der Waals surface area contributed by atoms with E-state index in [4.69, 9.17) is 0 Å². The van der Waals surface area contributed by atoms with Crippen molar-refractivity contribution in [3.05, 3.63) is 201 Å². The third kappa shape index (κ3) is 14.8. The summed E-state index contributed by atoms with van der Waals surface area (Å²) in [5.74, 6) is 0. The van der Waals surface area contributed by atoms with Gasteiger partial charge in [-0.05, 0) is 241 Å². The predicted molar refractivity (Wildman–Crippen MR) is 461 cm³/mol. The van der Waals surface area contributed by atoms with Gasteiger partial charge >= 0.3 is 0 Å². The average Bonchev–Trinajstić information content (AvgIpc) is 0.972. The molecule has 0 unspecified atom stereocenters. The molecular weight excluding hydrogens is 1440 g/mol. The molecule has 0 amide bonds. The molecule has 0 saturated carbocycles. The van der Waals surface area contributed by atoms with Crippen LogP contribution in [0.5, 0.6) is 0 Å². The van der Waals surface area contributed by atoms with E-state index in [1.165, 1.54) is 300 Å². The lowest BCUT2D eigenvalue weighted by molar-refractivity contribution is 0.670. The first-order valence-electron chi connectivity index (χ1n) is 36.3. The highest BCUT2D eigenvalue weighted by Crippen LogP contribution is 2.55. The average molecular weight is 1520 g/mol. The Bertz CT molecular complexity index is 4710. The van der Waals surface area contributed by atoms with Crippen LogP contribution in [-0.2, 0) is 25.7 Å². The predicted octanol–water partition coefficient (Wildman–Crippen LogP) is 33.8. The van der Waals surface area contributed by atoms with Crippen LogP contribution in [0, 0.1) is 0 Å². The van der Waals surface area contributed by atoms with Crippen molar-refractivity contribution in [2.24, 2.45) is 0 Å². The second-order valence-electron chi connectivity index (χ2n) is 26.6. The molecule has 0 nitrogen and oxygen atoms in total. The molecule has 506 valence electrons. The van der Waals surface area contributed by atoms with Gasteiger partial charge in [0.1, 0.15) is 0 Å². The second-order valence-corrected chi connectivity index (χ2v) is 40.0. The Labute approximate surface area is 639 Å². The Morgan fingerprint density at radius 2 is 0.340 bits per heavy atom. The second kappa shape index (κ2) is 31.7. The highest BCUT2D eigenvalue weighted by atomic mass is 32.1. The number of rotatable bonds is 32. The molecule has 0 atom stereocenters. The van der Waals surface area contributed by atoms with Crippen LogP contribution in [0.25, 0.3) is 152 Å². The van der Waals surface area contributed by atoms with Crippen molar-refractivity contribution in [3.63, 3.8) is 0 Å². The maximum Gasteiger partial charge on any atom is 0.0449 e. The molecule has 12 aromatic heterocycles. The number of unbranched alkanes of at least 4 members (excludes halogenated alkanes) is 12. The lowest BCUT2D eigenvalue weighted by Gasteiger charge is -2.20. The van der Waals surface area contributed by atoms with Crippen molar-refractivity contribution >= 4 is 168 Å². The lowest BCUT2D eigenvalue weighted by atomic mass is 9.85. The van der Waals surface area contributed by atoms with Crippen LogP contribution < -0.4 is 0 Å². The summed E-state index contributed by atoms with van der Waals surface area (Å²) in [6, 6.07) is 72.2. The van der Waals surface area contributed by atoms with Gasteiger partial charge in [-0.25, -0.2) is 0 Å². The van der Waals surface area contributed by atoms with Crippen molar-refractivity contribution in [1.82, 2.24) is 0 Å². The van der Waals surface area contributed by atoms with Crippen LogP contribution >= 0.6 is 136 Å². The Kier molecular flexibility index (Phi) is 21.8. The van der Waals surface area contributed by atoms with Gasteiger partial charge in [-0.2, -0.15) is 0 Å². The quantitative estimate of drug-likeness (QED) is 0.0291. The summed E-state index contributed by atoms with van der Waals surface area (Å²) < 4.78 is 0. The standard InChI is InChI=1S/C88H82S12/c1-5-9-13-17-21-55-25-33-71(89-55)75-45-49-83(97-75)79-41-37-67(93-79)63-53-64(68-38-42-80(94-68)84-50-46-76(98-84)72-34-26-56(90-72)22-18-14-10-6-2)60-31-32-62-66(70-40-44-82(96-70)86-52-48-78(100-86)74-36-28-58(92-74)24-20-16-12-8-4)54-65(61-30-29-59(63)87(60)88(61)62)69-39-43-81(95-69)85-51-47-77(99-85)73-35-27-57(91-73)23-19-15-11-7-3/h25-54H,5-24H2,1-4H3. The molecule has 16 aromatic rings. The monoisotopic (exact) mass is 1520 g/mol. The molecule has 0 spiro atoms. The largest absolute Gasteiger partial charge is 0.139 e. The molecule has 0 saturated heterocycles. The fraction of sp³-hybridized carbons (Fsp3) is 0.273. The van der Waals surface area contributed by atoms with Gasteiger partial charge in [0.05, 0.1) is 0 Å². The summed E-state index contributed by atoms with van der Waals surface area (Å²) in [5.41, 5.74) is 5.23. The molecule has 0 N–H and O–H groups in total. The molecule has 12 heterocycles. The van der Waals surface area contributed by atoms with E-state index in [2.05, 4.69) is 210 Å². The first-order chi connectivity index (χ1) is 49.3. The number of hydrogen-bond donors (Lipinski definition) is 0. The van der Waals surface area contributed by atoms with Crippen LogP contribution in [0.2, 0.25) is 0 Å². The molecule has 0 aliphatic heterocycles. The Balaban J connectivity index is 0.812. The Hall–Kier alpha value is -5.68. The first kappa shape index (κ1) is 68.7. The highest BCUT2D eigenvalue weighted by Gasteiger charge is 2.25. The van der Waals surface area contributed by atoms with E-state index in [0.717, 1.165) is 0 Å². The molecule has 100 heavy (non-hydrogen) atoms. The SMILES string of the molecule is CCCCCCc1ccc(-c2ccc(-c3ccc(-c4cc(-c5ccc(-c6ccc(-c7ccc(CCCCCC)s7)s6)s5)c5ccc6c(-c7ccc(-c8ccc(-c9ccc(CCCCCC)s9)s8)s7)cc(-c7ccc(-c8ccc(-c9ccc(CCCCCC)s9)s8)s7)c7ccc4c5c76)s3)s2)s1. The number of thiophene rings is 12. The number of aryl methyl sites for hydroxylation is 4. The molecule has 12 heteroatoms. The van der Waals surface area contributed by atoms with E-state index in [-0.39, 0.29) is 0 Å². The van der Waals surface area contributed by atoms with Crippen LogP contribution in [0.4, 0.5) is 0 Å². The van der Waals surface area contributed by atoms with Crippen LogP contribution in [-0.4, -0.2) is 0 Å². The van der Waals surface area contributed by atoms with Gasteiger partial charge in [-0.1, -0.05) is 129 Å². The minimum Gasteiger partial charge on any atom is -0.139 e. The number of hydrogen-bond acceptors (Lipinski definition) is 12. The van der Waals surface area contributed by atoms with E-state index >= 15 is 0 Å². The molecule has 0 fully saturated rings. The van der Waals surface area contributed by atoms with Crippen molar-refractivity contribution < 1.29 is 0 Å². The molecule has 0 aliphatic carbocycles. The van der Waals surface area contributed by atoms with Crippen molar-refractivity contribution in [2.45, 2.75) is 156 Å². The smallest absolute Gasteiger partial charge is 0.0449 e.